The summed E-state index contributed by atoms with van der Waals surface area (Å²) in [6, 6.07) is 4.81. The zero-order valence-corrected chi connectivity index (χ0v) is 12.5. The van der Waals surface area contributed by atoms with Crippen LogP contribution in [0.4, 0.5) is 5.69 Å². The molecule has 0 bridgehead atoms. The van der Waals surface area contributed by atoms with Crippen molar-refractivity contribution in [3.63, 3.8) is 0 Å². The quantitative estimate of drug-likeness (QED) is 0.841. The van der Waals surface area contributed by atoms with E-state index in [-0.39, 0.29) is 23.3 Å². The van der Waals surface area contributed by atoms with Gasteiger partial charge in [-0.25, -0.2) is 0 Å². The van der Waals surface area contributed by atoms with Gasteiger partial charge in [-0.1, -0.05) is 30.1 Å². The molecule has 104 valence electrons. The predicted molar refractivity (Wildman–Crippen MR) is 79.3 cm³/mol. The highest BCUT2D eigenvalue weighted by molar-refractivity contribution is 8.00. The number of hydrogen-bond acceptors (Lipinski definition) is 3. The molecule has 0 fully saturated rings. The van der Waals surface area contributed by atoms with Crippen molar-refractivity contribution in [2.75, 3.05) is 11.1 Å². The molecule has 0 spiro atoms. The molecule has 1 rings (SSSR count). The summed E-state index contributed by atoms with van der Waals surface area (Å²) in [6.07, 6.45) is 0.0325. The maximum Gasteiger partial charge on any atom is 0.304 e. The lowest BCUT2D eigenvalue weighted by atomic mass is 10.3. The van der Waals surface area contributed by atoms with E-state index in [0.29, 0.717) is 15.7 Å². The molecule has 1 unspecified atom stereocenters. The van der Waals surface area contributed by atoms with Gasteiger partial charge in [-0.3, -0.25) is 9.59 Å². The summed E-state index contributed by atoms with van der Waals surface area (Å²) in [7, 11) is 0. The molecule has 1 amide bonds. The minimum Gasteiger partial charge on any atom is -0.481 e. The Morgan fingerprint density at radius 3 is 2.63 bits per heavy atom. The molecule has 0 saturated carbocycles. The number of hydrogen-bond donors (Lipinski definition) is 2. The Hall–Kier alpha value is -0.910. The van der Waals surface area contributed by atoms with Crippen LogP contribution in [0, 0.1) is 0 Å². The molecule has 0 heterocycles. The van der Waals surface area contributed by atoms with E-state index in [0.717, 1.165) is 0 Å². The number of halogens is 2. The second-order valence-electron chi connectivity index (χ2n) is 3.90. The van der Waals surface area contributed by atoms with Gasteiger partial charge >= 0.3 is 5.97 Å². The van der Waals surface area contributed by atoms with Crippen LogP contribution in [-0.2, 0) is 9.59 Å². The largest absolute Gasteiger partial charge is 0.481 e. The second-order valence-corrected chi connectivity index (χ2v) is 6.14. The van der Waals surface area contributed by atoms with E-state index in [1.807, 2.05) is 0 Å². The number of carboxylic acid groups (broad SMARTS) is 1. The third kappa shape index (κ3) is 6.18. The first-order valence-electron chi connectivity index (χ1n) is 5.46. The average Bonchev–Trinajstić information content (AvgIpc) is 2.30. The fourth-order valence-corrected chi connectivity index (χ4v) is 2.36. The lowest BCUT2D eigenvalue weighted by molar-refractivity contribution is -0.136. The minimum absolute atomic E-state index is 0.0325. The Labute approximate surface area is 125 Å². The van der Waals surface area contributed by atoms with Crippen molar-refractivity contribution in [1.29, 1.82) is 0 Å². The lowest BCUT2D eigenvalue weighted by Crippen LogP contribution is -2.16. The maximum atomic E-state index is 11.6. The summed E-state index contributed by atoms with van der Waals surface area (Å²) in [5, 5.41) is 11.9. The number of carbonyl (C=O) groups excluding carboxylic acids is 1. The molecule has 1 aromatic rings. The summed E-state index contributed by atoms with van der Waals surface area (Å²) < 4.78 is 0. The van der Waals surface area contributed by atoms with Crippen LogP contribution in [0.5, 0.6) is 0 Å². The van der Waals surface area contributed by atoms with Crippen molar-refractivity contribution in [1.82, 2.24) is 0 Å². The van der Waals surface area contributed by atoms with E-state index in [2.05, 4.69) is 5.32 Å². The molecule has 19 heavy (non-hydrogen) atoms. The summed E-state index contributed by atoms with van der Waals surface area (Å²) in [4.78, 5) is 22.1. The van der Waals surface area contributed by atoms with E-state index >= 15 is 0 Å². The number of nitrogens with one attached hydrogen (secondary N) is 1. The van der Waals surface area contributed by atoms with Crippen molar-refractivity contribution in [2.45, 2.75) is 18.6 Å². The Morgan fingerprint density at radius 1 is 1.37 bits per heavy atom. The van der Waals surface area contributed by atoms with Gasteiger partial charge in [0.05, 0.1) is 22.2 Å². The van der Waals surface area contributed by atoms with Crippen LogP contribution in [0.3, 0.4) is 0 Å². The van der Waals surface area contributed by atoms with Gasteiger partial charge in [-0.05, 0) is 18.2 Å². The van der Waals surface area contributed by atoms with Crippen LogP contribution in [0.1, 0.15) is 13.3 Å². The van der Waals surface area contributed by atoms with E-state index in [9.17, 15) is 9.59 Å². The zero-order valence-electron chi connectivity index (χ0n) is 10.2. The Kier molecular flexibility index (Phi) is 6.48. The summed E-state index contributed by atoms with van der Waals surface area (Å²) in [6.45, 7) is 1.77. The van der Waals surface area contributed by atoms with Crippen LogP contribution >= 0.6 is 35.0 Å². The normalized spacial score (nSPS) is 11.9. The number of anilines is 1. The molecule has 0 aliphatic carbocycles. The van der Waals surface area contributed by atoms with Gasteiger partial charge in [-0.2, -0.15) is 0 Å². The molecule has 2 N–H and O–H groups in total. The maximum absolute atomic E-state index is 11.6. The number of rotatable bonds is 6. The van der Waals surface area contributed by atoms with Gasteiger partial charge in [0.25, 0.3) is 0 Å². The Balaban J connectivity index is 2.42. The van der Waals surface area contributed by atoms with Crippen LogP contribution < -0.4 is 5.32 Å². The molecule has 0 aromatic heterocycles. The third-order valence-corrected chi connectivity index (χ3v) is 4.07. The standard InChI is InChI=1S/C12H13Cl2NO3S/c1-7(4-12(17)18)19-6-11(16)15-8-2-3-9(13)10(14)5-8/h2-3,5,7H,4,6H2,1H3,(H,15,16)(H,17,18). The van der Waals surface area contributed by atoms with E-state index in [1.165, 1.54) is 11.8 Å². The first kappa shape index (κ1) is 16.1. The van der Waals surface area contributed by atoms with Crippen LogP contribution in [0.2, 0.25) is 10.0 Å². The highest BCUT2D eigenvalue weighted by Crippen LogP contribution is 2.25. The SMILES string of the molecule is CC(CC(=O)O)SCC(=O)Nc1ccc(Cl)c(Cl)c1. The highest BCUT2D eigenvalue weighted by Gasteiger charge is 2.11. The first-order chi connectivity index (χ1) is 8.88. The number of amides is 1. The number of aliphatic carboxylic acids is 1. The molecule has 1 atom stereocenters. The summed E-state index contributed by atoms with van der Waals surface area (Å²) in [5.74, 6) is -0.889. The number of thioether (sulfide) groups is 1. The fourth-order valence-electron chi connectivity index (χ4n) is 1.29. The smallest absolute Gasteiger partial charge is 0.304 e. The highest BCUT2D eigenvalue weighted by atomic mass is 35.5. The lowest BCUT2D eigenvalue weighted by Gasteiger charge is -2.09. The van der Waals surface area contributed by atoms with Gasteiger partial charge in [0.15, 0.2) is 0 Å². The monoisotopic (exact) mass is 321 g/mol. The van der Waals surface area contributed by atoms with Crippen molar-refractivity contribution in [3.05, 3.63) is 28.2 Å². The van der Waals surface area contributed by atoms with Gasteiger partial charge in [0, 0.05) is 10.9 Å². The van der Waals surface area contributed by atoms with E-state index in [1.54, 1.807) is 25.1 Å². The van der Waals surface area contributed by atoms with Crippen molar-refractivity contribution >= 4 is 52.5 Å². The van der Waals surface area contributed by atoms with Crippen molar-refractivity contribution in [3.8, 4) is 0 Å². The zero-order chi connectivity index (χ0) is 14.4. The van der Waals surface area contributed by atoms with Crippen molar-refractivity contribution < 1.29 is 14.7 Å². The number of carboxylic acids is 1. The predicted octanol–water partition coefficient (Wildman–Crippen LogP) is 3.53. The topological polar surface area (TPSA) is 66.4 Å². The molecule has 1 aromatic carbocycles. The third-order valence-electron chi connectivity index (χ3n) is 2.16. The van der Waals surface area contributed by atoms with Crippen LogP contribution in [0.15, 0.2) is 18.2 Å². The first-order valence-corrected chi connectivity index (χ1v) is 7.27. The van der Waals surface area contributed by atoms with Crippen LogP contribution in [-0.4, -0.2) is 28.0 Å². The molecule has 0 radical (unpaired) electrons. The number of carbonyl (C=O) groups is 2. The van der Waals surface area contributed by atoms with Crippen molar-refractivity contribution in [2.24, 2.45) is 0 Å². The molecular weight excluding hydrogens is 309 g/mol. The molecule has 4 nitrogen and oxygen atoms in total. The van der Waals surface area contributed by atoms with E-state index < -0.39 is 5.97 Å². The van der Waals surface area contributed by atoms with Gasteiger partial charge < -0.3 is 10.4 Å². The molecule has 0 saturated heterocycles. The summed E-state index contributed by atoms with van der Waals surface area (Å²) in [5.41, 5.74) is 0.561. The Bertz CT molecular complexity index is 482. The van der Waals surface area contributed by atoms with E-state index in [4.69, 9.17) is 28.3 Å². The minimum atomic E-state index is -0.870. The van der Waals surface area contributed by atoms with Gasteiger partial charge in [0.2, 0.25) is 5.91 Å². The molecule has 0 aliphatic rings. The Morgan fingerprint density at radius 2 is 2.05 bits per heavy atom. The van der Waals surface area contributed by atoms with Gasteiger partial charge in [-0.15, -0.1) is 11.8 Å². The van der Waals surface area contributed by atoms with Crippen LogP contribution in [0.25, 0.3) is 0 Å². The molecule has 0 aliphatic heterocycles. The van der Waals surface area contributed by atoms with Gasteiger partial charge in [0.1, 0.15) is 0 Å². The number of benzene rings is 1. The molecular formula is C12H13Cl2NO3S. The average molecular weight is 322 g/mol. The fraction of sp³-hybridized carbons (Fsp3) is 0.333. The summed E-state index contributed by atoms with van der Waals surface area (Å²) >= 11 is 12.9. The molecule has 7 heteroatoms. The second kappa shape index (κ2) is 7.62.